The summed E-state index contributed by atoms with van der Waals surface area (Å²) in [7, 11) is 0. The highest BCUT2D eigenvalue weighted by atomic mass is 17.2. The fourth-order valence-electron chi connectivity index (χ4n) is 3.30. The number of carbonyl (C=O) groups is 2. The highest BCUT2D eigenvalue weighted by molar-refractivity contribution is 5.86. The molecule has 2 aromatic rings. The number of rotatable bonds is 12. The van der Waals surface area contributed by atoms with Crippen LogP contribution in [-0.4, -0.2) is 24.1 Å². The van der Waals surface area contributed by atoms with Gasteiger partial charge in [-0.2, -0.15) is 0 Å². The van der Waals surface area contributed by atoms with Gasteiger partial charge in [0.15, 0.2) is 11.5 Å². The number of benzene rings is 2. The second kappa shape index (κ2) is 12.3. The summed E-state index contributed by atoms with van der Waals surface area (Å²) >= 11 is 0. The summed E-state index contributed by atoms with van der Waals surface area (Å²) in [5.74, 6) is 0.369. The Bertz CT molecular complexity index is 1070. The summed E-state index contributed by atoms with van der Waals surface area (Å²) in [6, 6.07) is 10.4. The Labute approximate surface area is 218 Å². The molecule has 2 rings (SSSR count). The average Bonchev–Trinajstić information content (AvgIpc) is 2.79. The topological polar surface area (TPSA) is 89.5 Å². The molecule has 0 saturated carbocycles. The molecule has 200 valence electrons. The van der Waals surface area contributed by atoms with Gasteiger partial charge < -0.3 is 9.47 Å². The van der Waals surface area contributed by atoms with Gasteiger partial charge >= 0.3 is 11.9 Å². The number of hydrogen-bond donors (Lipinski definition) is 0. The Hall–Kier alpha value is -3.94. The van der Waals surface area contributed by atoms with Crippen LogP contribution in [-0.2, 0) is 24.8 Å². The van der Waals surface area contributed by atoms with Crippen LogP contribution in [0.1, 0.15) is 66.5 Å². The van der Waals surface area contributed by atoms with Crippen LogP contribution < -0.4 is 19.2 Å². The molecule has 8 nitrogen and oxygen atoms in total. The lowest BCUT2D eigenvalue weighted by Gasteiger charge is -2.31. The standard InChI is InChI=1S/C29H36O8/c1-17(2)27(30)36-34-21-11-13-23(25(15-21)32-19(5)6)29(9,10)24-14-12-22(16-26(24)33-20(7)8)35-37-28(31)18(3)4/h11-16,19-20H,1,3H2,2,4-10H3. The van der Waals surface area contributed by atoms with Crippen LogP contribution in [0.2, 0.25) is 0 Å². The number of hydrogen-bond acceptors (Lipinski definition) is 8. The van der Waals surface area contributed by atoms with Crippen molar-refractivity contribution in [2.45, 2.75) is 73.0 Å². The summed E-state index contributed by atoms with van der Waals surface area (Å²) in [4.78, 5) is 43.5. The van der Waals surface area contributed by atoms with Crippen molar-refractivity contribution in [2.24, 2.45) is 0 Å². The first-order valence-corrected chi connectivity index (χ1v) is 11.9. The molecule has 0 unspecified atom stereocenters. The number of ether oxygens (including phenoxy) is 2. The van der Waals surface area contributed by atoms with Gasteiger partial charge in [0.25, 0.3) is 0 Å². The minimum absolute atomic E-state index is 0.132. The van der Waals surface area contributed by atoms with Crippen molar-refractivity contribution in [1.29, 1.82) is 0 Å². The molecule has 0 aromatic heterocycles. The Balaban J connectivity index is 2.49. The van der Waals surface area contributed by atoms with E-state index in [9.17, 15) is 9.59 Å². The van der Waals surface area contributed by atoms with Crippen molar-refractivity contribution in [3.05, 3.63) is 71.8 Å². The molecule has 0 radical (unpaired) electrons. The highest BCUT2D eigenvalue weighted by Gasteiger charge is 2.31. The molecule has 2 aromatic carbocycles. The van der Waals surface area contributed by atoms with Gasteiger partial charge in [0, 0.05) is 39.8 Å². The minimum atomic E-state index is -0.664. The smallest absolute Gasteiger partial charge is 0.381 e. The van der Waals surface area contributed by atoms with E-state index in [1.165, 1.54) is 13.8 Å². The van der Waals surface area contributed by atoms with E-state index in [1.807, 2.05) is 53.7 Å². The van der Waals surface area contributed by atoms with Crippen LogP contribution in [0.4, 0.5) is 0 Å². The average molecular weight is 513 g/mol. The first-order valence-electron chi connectivity index (χ1n) is 11.9. The Morgan fingerprint density at radius 3 is 1.35 bits per heavy atom. The van der Waals surface area contributed by atoms with E-state index in [0.29, 0.717) is 23.0 Å². The van der Waals surface area contributed by atoms with E-state index < -0.39 is 17.4 Å². The van der Waals surface area contributed by atoms with Gasteiger partial charge in [0.2, 0.25) is 0 Å². The Morgan fingerprint density at radius 1 is 0.703 bits per heavy atom. The van der Waals surface area contributed by atoms with E-state index >= 15 is 0 Å². The predicted octanol–water partition coefficient (Wildman–Crippen LogP) is 6.41. The SMILES string of the molecule is C=C(C)C(=O)OOc1ccc(C(C)(C)c2ccc(OOC(=O)C(=C)C)cc2OC(C)C)c(OC(C)C)c1. The molecule has 0 aliphatic carbocycles. The molecule has 0 aliphatic heterocycles. The molecular formula is C29H36O8. The van der Waals surface area contributed by atoms with Gasteiger partial charge in [0.1, 0.15) is 11.5 Å². The van der Waals surface area contributed by atoms with Crippen molar-refractivity contribution >= 4 is 11.9 Å². The number of carbonyl (C=O) groups excluding carboxylic acids is 2. The lowest BCUT2D eigenvalue weighted by molar-refractivity contribution is -0.209. The quantitative estimate of drug-likeness (QED) is 0.183. The summed E-state index contributed by atoms with van der Waals surface area (Å²) in [5.41, 5.74) is 1.51. The van der Waals surface area contributed by atoms with Crippen LogP contribution in [0.15, 0.2) is 60.7 Å². The molecule has 0 spiro atoms. The third-order valence-electron chi connectivity index (χ3n) is 5.10. The van der Waals surface area contributed by atoms with E-state index in [2.05, 4.69) is 13.2 Å². The minimum Gasteiger partial charge on any atom is -0.491 e. The van der Waals surface area contributed by atoms with Crippen LogP contribution >= 0.6 is 0 Å². The van der Waals surface area contributed by atoms with E-state index in [4.69, 9.17) is 29.0 Å². The zero-order valence-electron chi connectivity index (χ0n) is 22.8. The fraction of sp³-hybridized carbons (Fsp3) is 0.379. The molecule has 0 heterocycles. The van der Waals surface area contributed by atoms with E-state index in [-0.39, 0.29) is 23.4 Å². The second-order valence-electron chi connectivity index (χ2n) is 9.74. The highest BCUT2D eigenvalue weighted by Crippen LogP contribution is 2.44. The Kier molecular flexibility index (Phi) is 9.77. The van der Waals surface area contributed by atoms with Crippen LogP contribution in [0.3, 0.4) is 0 Å². The van der Waals surface area contributed by atoms with Crippen molar-refractivity contribution in [1.82, 2.24) is 0 Å². The Morgan fingerprint density at radius 2 is 1.05 bits per heavy atom. The molecular weight excluding hydrogens is 476 g/mol. The molecule has 0 aliphatic rings. The van der Waals surface area contributed by atoms with Gasteiger partial charge in [-0.1, -0.05) is 39.1 Å². The molecule has 0 amide bonds. The van der Waals surface area contributed by atoms with Gasteiger partial charge in [-0.25, -0.2) is 19.4 Å². The second-order valence-corrected chi connectivity index (χ2v) is 9.74. The largest absolute Gasteiger partial charge is 0.491 e. The first kappa shape index (κ1) is 29.3. The van der Waals surface area contributed by atoms with E-state index in [1.54, 1.807) is 24.3 Å². The fourth-order valence-corrected chi connectivity index (χ4v) is 3.30. The zero-order valence-corrected chi connectivity index (χ0v) is 22.8. The molecule has 0 N–H and O–H groups in total. The molecule has 0 saturated heterocycles. The third-order valence-corrected chi connectivity index (χ3v) is 5.10. The van der Waals surface area contributed by atoms with Crippen LogP contribution in [0.25, 0.3) is 0 Å². The maximum absolute atomic E-state index is 11.7. The van der Waals surface area contributed by atoms with Gasteiger partial charge in [-0.3, -0.25) is 9.78 Å². The molecule has 37 heavy (non-hydrogen) atoms. The molecule has 0 bridgehead atoms. The van der Waals surface area contributed by atoms with Crippen LogP contribution in [0, 0.1) is 0 Å². The zero-order chi connectivity index (χ0) is 27.9. The lowest BCUT2D eigenvalue weighted by atomic mass is 9.77. The van der Waals surface area contributed by atoms with Gasteiger partial charge in [-0.15, -0.1) is 0 Å². The summed E-state index contributed by atoms with van der Waals surface area (Å²) in [6.45, 7) is 21.9. The molecule has 8 heteroatoms. The van der Waals surface area contributed by atoms with Gasteiger partial charge in [-0.05, 0) is 53.7 Å². The van der Waals surface area contributed by atoms with Crippen molar-refractivity contribution in [3.63, 3.8) is 0 Å². The van der Waals surface area contributed by atoms with Crippen molar-refractivity contribution < 1.29 is 38.6 Å². The predicted molar refractivity (Wildman–Crippen MR) is 140 cm³/mol. The van der Waals surface area contributed by atoms with Crippen molar-refractivity contribution in [2.75, 3.05) is 0 Å². The van der Waals surface area contributed by atoms with Gasteiger partial charge in [0.05, 0.1) is 12.2 Å². The monoisotopic (exact) mass is 512 g/mol. The van der Waals surface area contributed by atoms with Crippen LogP contribution in [0.5, 0.6) is 23.0 Å². The summed E-state index contributed by atoms with van der Waals surface area (Å²) in [6.07, 6.45) is -0.263. The summed E-state index contributed by atoms with van der Waals surface area (Å²) < 4.78 is 12.2. The molecule has 0 fully saturated rings. The third kappa shape index (κ3) is 8.03. The molecule has 0 atom stereocenters. The maximum Gasteiger partial charge on any atom is 0.381 e. The first-order chi connectivity index (χ1) is 17.2. The lowest BCUT2D eigenvalue weighted by Crippen LogP contribution is -2.23. The van der Waals surface area contributed by atoms with Crippen molar-refractivity contribution in [3.8, 4) is 23.0 Å². The normalized spacial score (nSPS) is 11.1. The maximum atomic E-state index is 11.7. The van der Waals surface area contributed by atoms with E-state index in [0.717, 1.165) is 11.1 Å². The summed E-state index contributed by atoms with van der Waals surface area (Å²) in [5, 5.41) is 0.